The Bertz CT molecular complexity index is 1530. The van der Waals surface area contributed by atoms with E-state index < -0.39 is 6.04 Å². The lowest BCUT2D eigenvalue weighted by molar-refractivity contribution is -0.128. The van der Waals surface area contributed by atoms with Gasteiger partial charge in [0, 0.05) is 55.0 Å². The molecule has 0 radical (unpaired) electrons. The first-order valence-corrected chi connectivity index (χ1v) is 20.0. The van der Waals surface area contributed by atoms with Crippen LogP contribution in [0.3, 0.4) is 0 Å². The van der Waals surface area contributed by atoms with Gasteiger partial charge in [0.2, 0.25) is 5.91 Å². The highest BCUT2D eigenvalue weighted by molar-refractivity contribution is 7.14. The number of methoxy groups -OCH3 is 1. The molecular formula is C40H64N6O6S. The van der Waals surface area contributed by atoms with Gasteiger partial charge in [0.25, 0.3) is 6.47 Å². The van der Waals surface area contributed by atoms with Crippen LogP contribution in [0.2, 0.25) is 0 Å². The largest absolute Gasteiger partial charge is 0.497 e. The predicted molar refractivity (Wildman–Crippen MR) is 218 cm³/mol. The molecule has 3 atom stereocenters. The van der Waals surface area contributed by atoms with Crippen molar-refractivity contribution in [1.29, 1.82) is 0 Å². The second-order valence-electron chi connectivity index (χ2n) is 11.8. The molecule has 12 nitrogen and oxygen atoms in total. The average Bonchev–Trinajstić information content (AvgIpc) is 3.74. The summed E-state index contributed by atoms with van der Waals surface area (Å²) in [6.07, 6.45) is 8.58. The van der Waals surface area contributed by atoms with Gasteiger partial charge in [0.15, 0.2) is 5.13 Å². The summed E-state index contributed by atoms with van der Waals surface area (Å²) >= 11 is 1.52. The SMILES string of the molecule is CC.CC.CC.CCOC=O.COc1ccc2c(OCCC3NC(=O)N(C)CCCC/C=C\[C@@H]4CC4NC3=O)cc(-c3csc(NC(C)C)n3)nc2c1. The monoisotopic (exact) mass is 756 g/mol. The molecule has 13 heteroatoms. The fourth-order valence-electron chi connectivity index (χ4n) is 5.00. The first-order valence-electron chi connectivity index (χ1n) is 19.1. The molecular weight excluding hydrogens is 693 g/mol. The van der Waals surface area contributed by atoms with Crippen molar-refractivity contribution >= 4 is 45.8 Å². The summed E-state index contributed by atoms with van der Waals surface area (Å²) < 4.78 is 15.9. The lowest BCUT2D eigenvalue weighted by atomic mass is 10.1. The topological polar surface area (TPSA) is 144 Å². The van der Waals surface area contributed by atoms with Crippen LogP contribution in [0, 0.1) is 5.92 Å². The molecule has 2 aliphatic rings. The van der Waals surface area contributed by atoms with Gasteiger partial charge in [-0.1, -0.05) is 53.7 Å². The summed E-state index contributed by atoms with van der Waals surface area (Å²) in [7, 11) is 3.38. The van der Waals surface area contributed by atoms with Gasteiger partial charge in [-0.15, -0.1) is 11.3 Å². The minimum absolute atomic E-state index is 0.115. The molecule has 1 saturated carbocycles. The van der Waals surface area contributed by atoms with Crippen LogP contribution in [0.4, 0.5) is 9.93 Å². The number of amides is 3. The first-order chi connectivity index (χ1) is 25.7. The summed E-state index contributed by atoms with van der Waals surface area (Å²) in [5.74, 6) is 1.50. The van der Waals surface area contributed by atoms with E-state index in [2.05, 4.69) is 46.7 Å². The van der Waals surface area contributed by atoms with E-state index in [1.54, 1.807) is 26.0 Å². The number of hydrogen-bond donors (Lipinski definition) is 3. The number of urea groups is 1. The number of ether oxygens (including phenoxy) is 3. The van der Waals surface area contributed by atoms with Crippen molar-refractivity contribution in [3.8, 4) is 22.9 Å². The Morgan fingerprint density at radius 3 is 2.42 bits per heavy atom. The molecule has 0 spiro atoms. The fourth-order valence-corrected chi connectivity index (χ4v) is 5.85. The van der Waals surface area contributed by atoms with E-state index in [1.165, 1.54) is 11.3 Å². The molecule has 3 N–H and O–H groups in total. The van der Waals surface area contributed by atoms with E-state index in [9.17, 15) is 14.4 Å². The molecule has 3 amide bonds. The maximum atomic E-state index is 13.3. The number of nitrogens with zero attached hydrogens (tertiary/aromatic N) is 3. The Labute approximate surface area is 321 Å². The van der Waals surface area contributed by atoms with Gasteiger partial charge in [0.1, 0.15) is 23.2 Å². The van der Waals surface area contributed by atoms with Crippen molar-refractivity contribution in [2.75, 3.05) is 39.2 Å². The van der Waals surface area contributed by atoms with Gasteiger partial charge >= 0.3 is 6.03 Å². The molecule has 53 heavy (non-hydrogen) atoms. The van der Waals surface area contributed by atoms with E-state index in [1.807, 2.05) is 71.2 Å². The van der Waals surface area contributed by atoms with Gasteiger partial charge < -0.3 is 35.1 Å². The number of pyridine rings is 1. The Morgan fingerprint density at radius 1 is 1.04 bits per heavy atom. The van der Waals surface area contributed by atoms with Crippen LogP contribution in [0.25, 0.3) is 22.3 Å². The molecule has 2 aromatic heterocycles. The lowest BCUT2D eigenvalue weighted by Gasteiger charge is -2.24. The highest BCUT2D eigenvalue weighted by atomic mass is 32.1. The maximum Gasteiger partial charge on any atom is 0.317 e. The third kappa shape index (κ3) is 16.0. The van der Waals surface area contributed by atoms with E-state index in [0.717, 1.165) is 41.9 Å². The molecule has 296 valence electrons. The van der Waals surface area contributed by atoms with Crippen LogP contribution < -0.4 is 25.4 Å². The van der Waals surface area contributed by atoms with E-state index in [4.69, 9.17) is 19.4 Å². The Kier molecular flexibility index (Phi) is 23.2. The number of carbonyl (C=O) groups excluding carboxylic acids is 3. The van der Waals surface area contributed by atoms with Gasteiger partial charge in [-0.2, -0.15) is 0 Å². The Balaban J connectivity index is 0.00000115. The molecule has 1 fully saturated rings. The molecule has 3 aromatic rings. The van der Waals surface area contributed by atoms with Crippen LogP contribution >= 0.6 is 11.3 Å². The zero-order valence-electron chi connectivity index (χ0n) is 33.8. The normalized spacial score (nSPS) is 18.5. The van der Waals surface area contributed by atoms with Gasteiger partial charge in [-0.05, 0) is 64.5 Å². The summed E-state index contributed by atoms with van der Waals surface area (Å²) in [4.78, 5) is 46.6. The van der Waals surface area contributed by atoms with Gasteiger partial charge in [-0.25, -0.2) is 14.8 Å². The highest BCUT2D eigenvalue weighted by Crippen LogP contribution is 2.34. The van der Waals surface area contributed by atoms with E-state index >= 15 is 0 Å². The smallest absolute Gasteiger partial charge is 0.317 e. The molecule has 3 heterocycles. The zero-order chi connectivity index (χ0) is 39.8. The van der Waals surface area contributed by atoms with E-state index in [-0.39, 0.29) is 30.6 Å². The standard InChI is InChI=1S/C31H40N6O4S.C3H6O2.3C2H6/c1-19(2)32-30-35-27(18-42-30)26-17-28(22-11-10-21(40-4)16-25(22)33-26)41-14-12-23-29(38)34-24-15-20(24)9-7-5-6-8-13-37(3)31(39)36-23;1-2-5-3-4;3*1-2/h7,9-11,16-20,23-24H,5-6,8,12-15H2,1-4H3,(H,32,35)(H,34,38)(H,36,39);3H,2H2,1H3;3*1-2H3/b9-7-;;;;/t20-,23?,24?;;;;/m1..../s1. The van der Waals surface area contributed by atoms with Crippen LogP contribution in [-0.2, 0) is 14.3 Å². The summed E-state index contributed by atoms with van der Waals surface area (Å²) in [6.45, 7) is 19.7. The number of nitrogens with one attached hydrogen (secondary N) is 3. The maximum absolute atomic E-state index is 13.3. The van der Waals surface area contributed by atoms with Crippen molar-refractivity contribution in [1.82, 2.24) is 25.5 Å². The summed E-state index contributed by atoms with van der Waals surface area (Å²) in [5, 5.41) is 13.0. The first kappa shape index (κ1) is 46.6. The molecule has 1 aromatic carbocycles. The second-order valence-corrected chi connectivity index (χ2v) is 12.6. The molecule has 1 aliphatic carbocycles. The van der Waals surface area contributed by atoms with Crippen molar-refractivity contribution in [3.05, 3.63) is 41.8 Å². The van der Waals surface area contributed by atoms with Crippen LogP contribution in [-0.4, -0.2) is 85.3 Å². The minimum Gasteiger partial charge on any atom is -0.497 e. The minimum atomic E-state index is -0.719. The van der Waals surface area contributed by atoms with Gasteiger partial charge in [0.05, 0.1) is 31.5 Å². The number of thiazole rings is 1. The molecule has 0 saturated heterocycles. The number of fused-ring (bicyclic) bond motifs is 2. The Morgan fingerprint density at radius 2 is 1.77 bits per heavy atom. The van der Waals surface area contributed by atoms with Crippen LogP contribution in [0.15, 0.2) is 41.8 Å². The van der Waals surface area contributed by atoms with Crippen molar-refractivity contribution < 1.29 is 28.6 Å². The van der Waals surface area contributed by atoms with Gasteiger partial charge in [-0.3, -0.25) is 9.59 Å². The second kappa shape index (κ2) is 26.4. The quantitative estimate of drug-likeness (QED) is 0.137. The Hall–Kier alpha value is -4.39. The number of benzene rings is 1. The third-order valence-corrected chi connectivity index (χ3v) is 8.46. The van der Waals surface area contributed by atoms with E-state index in [0.29, 0.717) is 54.7 Å². The predicted octanol–water partition coefficient (Wildman–Crippen LogP) is 8.47. The number of carbonyl (C=O) groups is 3. The molecule has 5 rings (SSSR count). The molecule has 2 unspecified atom stereocenters. The number of anilines is 1. The summed E-state index contributed by atoms with van der Waals surface area (Å²) in [5.41, 5.74) is 2.13. The third-order valence-electron chi connectivity index (χ3n) is 7.68. The molecule has 0 bridgehead atoms. The number of aromatic nitrogens is 2. The molecule has 1 aliphatic heterocycles. The number of allylic oxidation sites excluding steroid dienone is 1. The van der Waals surface area contributed by atoms with Crippen molar-refractivity contribution in [2.45, 2.75) is 113 Å². The fraction of sp³-hybridized carbons (Fsp3) is 0.575. The van der Waals surface area contributed by atoms with Crippen molar-refractivity contribution in [2.24, 2.45) is 5.92 Å². The lowest BCUT2D eigenvalue weighted by Crippen LogP contribution is -2.51. The van der Waals surface area contributed by atoms with Crippen molar-refractivity contribution in [3.63, 3.8) is 0 Å². The number of rotatable bonds is 10. The summed E-state index contributed by atoms with van der Waals surface area (Å²) in [6, 6.07) is 6.93. The number of hydrogen-bond acceptors (Lipinski definition) is 10. The average molecular weight is 757 g/mol. The zero-order valence-corrected chi connectivity index (χ0v) is 34.6. The van der Waals surface area contributed by atoms with Crippen LogP contribution in [0.1, 0.15) is 94.4 Å². The highest BCUT2D eigenvalue weighted by Gasteiger charge is 2.37. The van der Waals surface area contributed by atoms with Crippen LogP contribution in [0.5, 0.6) is 11.5 Å².